The molecule has 0 rings (SSSR count). The Labute approximate surface area is 351 Å². The Morgan fingerprint density at radius 3 is 1.18 bits per heavy atom. The van der Waals surface area contributed by atoms with Gasteiger partial charge >= 0.3 is 17.9 Å². The van der Waals surface area contributed by atoms with Gasteiger partial charge in [0.1, 0.15) is 13.2 Å². The second-order valence-electron chi connectivity index (χ2n) is 15.7. The summed E-state index contributed by atoms with van der Waals surface area (Å²) in [5, 5.41) is 0. The number of allylic oxidation sites excluding steroid dienone is 10. The summed E-state index contributed by atoms with van der Waals surface area (Å²) in [6, 6.07) is 0. The number of hydrogen-bond acceptors (Lipinski definition) is 6. The highest BCUT2D eigenvalue weighted by molar-refractivity contribution is 5.71. The number of rotatable bonds is 42. The summed E-state index contributed by atoms with van der Waals surface area (Å²) in [6.07, 6.45) is 54.8. The first-order valence-corrected chi connectivity index (χ1v) is 23.8. The van der Waals surface area contributed by atoms with Gasteiger partial charge in [-0.2, -0.15) is 0 Å². The van der Waals surface area contributed by atoms with Gasteiger partial charge in [-0.05, 0) is 57.8 Å². The molecule has 0 aliphatic carbocycles. The number of carbonyl (C=O) groups excluding carboxylic acids is 3. The summed E-state index contributed by atoms with van der Waals surface area (Å²) >= 11 is 0. The summed E-state index contributed by atoms with van der Waals surface area (Å²) in [6.45, 7) is 6.43. The van der Waals surface area contributed by atoms with Gasteiger partial charge < -0.3 is 14.2 Å². The zero-order valence-corrected chi connectivity index (χ0v) is 37.3. The molecule has 0 amide bonds. The molecule has 0 heterocycles. The van der Waals surface area contributed by atoms with Crippen molar-refractivity contribution in [2.24, 2.45) is 0 Å². The quantitative estimate of drug-likeness (QED) is 0.0201. The third kappa shape index (κ3) is 44.1. The fraction of sp³-hybridized carbons (Fsp3) is 0.745. The van der Waals surface area contributed by atoms with Crippen molar-refractivity contribution in [1.82, 2.24) is 0 Å². The molecule has 57 heavy (non-hydrogen) atoms. The summed E-state index contributed by atoms with van der Waals surface area (Å²) in [4.78, 5) is 37.8. The van der Waals surface area contributed by atoms with Crippen LogP contribution < -0.4 is 0 Å². The van der Waals surface area contributed by atoms with E-state index >= 15 is 0 Å². The number of ether oxygens (including phenoxy) is 3. The van der Waals surface area contributed by atoms with E-state index in [1.165, 1.54) is 96.3 Å². The van der Waals surface area contributed by atoms with Crippen LogP contribution in [0.25, 0.3) is 0 Å². The van der Waals surface area contributed by atoms with Gasteiger partial charge in [0.05, 0.1) is 0 Å². The first kappa shape index (κ1) is 54.1. The Kier molecular flexibility index (Phi) is 43.5. The van der Waals surface area contributed by atoms with Crippen molar-refractivity contribution in [3.8, 4) is 0 Å². The number of unbranched alkanes of at least 4 members (excludes halogenated alkanes) is 24. The summed E-state index contributed by atoms with van der Waals surface area (Å²) < 4.78 is 16.7. The van der Waals surface area contributed by atoms with E-state index in [1.807, 2.05) is 18.2 Å². The Hall–Kier alpha value is -2.89. The van der Waals surface area contributed by atoms with Crippen LogP contribution in [0.3, 0.4) is 0 Å². The SMILES string of the molecule is CC\C=C/C=C\C=C/C=C\CCCCCCCC(=O)OCC(COC(=O)CCCCCCC/C=C\CCCC)OC(=O)CCCCCCCCCCCCCCC. The van der Waals surface area contributed by atoms with E-state index in [-0.39, 0.29) is 31.1 Å². The smallest absolute Gasteiger partial charge is 0.306 e. The molecule has 0 aromatic heterocycles. The molecule has 0 N–H and O–H groups in total. The zero-order valence-electron chi connectivity index (χ0n) is 37.3. The van der Waals surface area contributed by atoms with E-state index in [1.54, 1.807) is 0 Å². The van der Waals surface area contributed by atoms with Gasteiger partial charge in [-0.1, -0.05) is 210 Å². The molecule has 0 aromatic rings. The third-order valence-electron chi connectivity index (χ3n) is 10.1. The maximum atomic E-state index is 12.7. The second kappa shape index (κ2) is 45.8. The van der Waals surface area contributed by atoms with E-state index in [4.69, 9.17) is 14.2 Å². The molecular formula is C51H88O6. The maximum absolute atomic E-state index is 12.7. The average molecular weight is 797 g/mol. The monoisotopic (exact) mass is 797 g/mol. The normalized spacial score (nSPS) is 12.5. The lowest BCUT2D eigenvalue weighted by atomic mass is 10.0. The topological polar surface area (TPSA) is 78.9 Å². The molecule has 0 aliphatic heterocycles. The minimum atomic E-state index is -0.783. The average Bonchev–Trinajstić information content (AvgIpc) is 3.21. The molecule has 0 saturated carbocycles. The van der Waals surface area contributed by atoms with Crippen LogP contribution in [-0.2, 0) is 28.6 Å². The lowest BCUT2D eigenvalue weighted by Gasteiger charge is -2.18. The van der Waals surface area contributed by atoms with Crippen LogP contribution in [0.2, 0.25) is 0 Å². The van der Waals surface area contributed by atoms with Gasteiger partial charge in [-0.15, -0.1) is 0 Å². The number of hydrogen-bond donors (Lipinski definition) is 0. The summed E-state index contributed by atoms with van der Waals surface area (Å²) in [5.41, 5.74) is 0. The molecule has 0 bridgehead atoms. The predicted octanol–water partition coefficient (Wildman–Crippen LogP) is 15.3. The number of carbonyl (C=O) groups is 3. The first-order valence-electron chi connectivity index (χ1n) is 23.8. The van der Waals surface area contributed by atoms with Crippen molar-refractivity contribution >= 4 is 17.9 Å². The molecule has 328 valence electrons. The second-order valence-corrected chi connectivity index (χ2v) is 15.7. The Morgan fingerprint density at radius 1 is 0.368 bits per heavy atom. The Bertz CT molecular complexity index is 1050. The standard InChI is InChI=1S/C51H88O6/c1-4-7-10-13-16-19-22-24-25-27-29-32-35-38-41-44-50(53)56-47-48(46-55-49(52)43-40-37-34-31-28-21-18-15-12-9-6-3)57-51(54)45-42-39-36-33-30-26-23-20-17-14-11-8-5-2/h7,10,13,15-16,18-19,22,24-25,48H,4-6,8-9,11-12,14,17,20-21,23,26-47H2,1-3H3/b10-7-,16-13-,18-15-,22-19-,25-24-. The lowest BCUT2D eigenvalue weighted by Crippen LogP contribution is -2.30. The molecule has 0 aliphatic rings. The highest BCUT2D eigenvalue weighted by atomic mass is 16.6. The van der Waals surface area contributed by atoms with Gasteiger partial charge in [-0.3, -0.25) is 14.4 Å². The Balaban J connectivity index is 4.42. The highest BCUT2D eigenvalue weighted by Crippen LogP contribution is 2.15. The van der Waals surface area contributed by atoms with Crippen LogP contribution in [-0.4, -0.2) is 37.2 Å². The molecule has 6 nitrogen and oxygen atoms in total. The molecule has 0 saturated heterocycles. The highest BCUT2D eigenvalue weighted by Gasteiger charge is 2.19. The van der Waals surface area contributed by atoms with Gasteiger partial charge in [0.2, 0.25) is 0 Å². The predicted molar refractivity (Wildman–Crippen MR) is 242 cm³/mol. The maximum Gasteiger partial charge on any atom is 0.306 e. The minimum absolute atomic E-state index is 0.0853. The molecule has 1 atom stereocenters. The Morgan fingerprint density at radius 2 is 0.719 bits per heavy atom. The molecule has 0 spiro atoms. The van der Waals surface area contributed by atoms with E-state index in [9.17, 15) is 14.4 Å². The lowest BCUT2D eigenvalue weighted by molar-refractivity contribution is -0.167. The minimum Gasteiger partial charge on any atom is -0.462 e. The van der Waals surface area contributed by atoms with E-state index in [2.05, 4.69) is 63.3 Å². The molecule has 0 radical (unpaired) electrons. The van der Waals surface area contributed by atoms with Gasteiger partial charge in [0.25, 0.3) is 0 Å². The summed E-state index contributed by atoms with van der Waals surface area (Å²) in [7, 11) is 0. The van der Waals surface area contributed by atoms with Crippen molar-refractivity contribution in [2.45, 2.75) is 232 Å². The summed E-state index contributed by atoms with van der Waals surface area (Å²) in [5.74, 6) is -0.917. The van der Waals surface area contributed by atoms with Gasteiger partial charge in [-0.25, -0.2) is 0 Å². The zero-order chi connectivity index (χ0) is 41.5. The first-order chi connectivity index (χ1) is 28.0. The van der Waals surface area contributed by atoms with Crippen LogP contribution in [0.4, 0.5) is 0 Å². The molecule has 1 unspecified atom stereocenters. The van der Waals surface area contributed by atoms with Gasteiger partial charge in [0, 0.05) is 19.3 Å². The van der Waals surface area contributed by atoms with Crippen molar-refractivity contribution in [2.75, 3.05) is 13.2 Å². The van der Waals surface area contributed by atoms with Crippen LogP contribution in [0.5, 0.6) is 0 Å². The molecule has 0 fully saturated rings. The van der Waals surface area contributed by atoms with E-state index in [0.717, 1.165) is 89.9 Å². The fourth-order valence-electron chi connectivity index (χ4n) is 6.49. The van der Waals surface area contributed by atoms with Crippen molar-refractivity contribution in [1.29, 1.82) is 0 Å². The van der Waals surface area contributed by atoms with E-state index < -0.39 is 6.10 Å². The largest absolute Gasteiger partial charge is 0.462 e. The van der Waals surface area contributed by atoms with Crippen molar-refractivity contribution in [3.05, 3.63) is 60.8 Å². The fourth-order valence-corrected chi connectivity index (χ4v) is 6.49. The third-order valence-corrected chi connectivity index (χ3v) is 10.1. The van der Waals surface area contributed by atoms with Crippen molar-refractivity contribution < 1.29 is 28.6 Å². The number of esters is 3. The van der Waals surface area contributed by atoms with Crippen LogP contribution >= 0.6 is 0 Å². The molecule has 0 aromatic carbocycles. The van der Waals surface area contributed by atoms with Crippen LogP contribution in [0.15, 0.2) is 60.8 Å². The molecule has 6 heteroatoms. The van der Waals surface area contributed by atoms with Crippen LogP contribution in [0, 0.1) is 0 Å². The van der Waals surface area contributed by atoms with Crippen LogP contribution in [0.1, 0.15) is 226 Å². The van der Waals surface area contributed by atoms with Gasteiger partial charge in [0.15, 0.2) is 6.10 Å². The van der Waals surface area contributed by atoms with Crippen molar-refractivity contribution in [3.63, 3.8) is 0 Å². The van der Waals surface area contributed by atoms with E-state index in [0.29, 0.717) is 19.3 Å². The molecular weight excluding hydrogens is 709 g/mol.